The molecular formula is C18H17F3N6O2. The van der Waals surface area contributed by atoms with E-state index in [0.717, 1.165) is 4.68 Å². The van der Waals surface area contributed by atoms with E-state index in [9.17, 15) is 22.8 Å². The van der Waals surface area contributed by atoms with Crippen molar-refractivity contribution in [3.8, 4) is 0 Å². The Labute approximate surface area is 163 Å². The topological polar surface area (TPSA) is 93.8 Å². The molecule has 0 aliphatic carbocycles. The predicted octanol–water partition coefficient (Wildman–Crippen LogP) is 3.16. The number of benzene rings is 1. The summed E-state index contributed by atoms with van der Waals surface area (Å²) in [6.07, 6.45) is -3.25. The maximum atomic E-state index is 12.8. The Bertz CT molecular complexity index is 1040. The van der Waals surface area contributed by atoms with Crippen LogP contribution in [0.1, 0.15) is 33.6 Å². The number of aryl methyl sites for hydroxylation is 2. The van der Waals surface area contributed by atoms with Gasteiger partial charge in [0.2, 0.25) is 0 Å². The average Bonchev–Trinajstić information content (AvgIpc) is 3.26. The van der Waals surface area contributed by atoms with Gasteiger partial charge in [0.05, 0.1) is 5.69 Å². The predicted molar refractivity (Wildman–Crippen MR) is 98.5 cm³/mol. The molecule has 2 amide bonds. The van der Waals surface area contributed by atoms with Crippen LogP contribution in [0.2, 0.25) is 0 Å². The number of para-hydroxylation sites is 1. The Morgan fingerprint density at radius 2 is 1.76 bits per heavy atom. The number of rotatable bonds is 5. The third kappa shape index (κ3) is 4.45. The Kier molecular flexibility index (Phi) is 5.39. The lowest BCUT2D eigenvalue weighted by Gasteiger charge is -2.06. The molecule has 0 saturated carbocycles. The summed E-state index contributed by atoms with van der Waals surface area (Å²) in [4.78, 5) is 25.1. The molecule has 2 aromatic heterocycles. The molecule has 152 valence electrons. The molecule has 0 bridgehead atoms. The molecule has 3 rings (SSSR count). The van der Waals surface area contributed by atoms with Crippen LogP contribution in [-0.2, 0) is 19.8 Å². The minimum absolute atomic E-state index is 0.0673. The third-order valence-electron chi connectivity index (χ3n) is 3.98. The number of alkyl halides is 3. The van der Waals surface area contributed by atoms with E-state index >= 15 is 0 Å². The monoisotopic (exact) mass is 406 g/mol. The highest BCUT2D eigenvalue weighted by atomic mass is 19.4. The van der Waals surface area contributed by atoms with Crippen LogP contribution in [0, 0.1) is 0 Å². The number of hydrogen-bond donors (Lipinski definition) is 2. The van der Waals surface area contributed by atoms with Gasteiger partial charge in [0.15, 0.2) is 11.4 Å². The first-order valence-corrected chi connectivity index (χ1v) is 8.55. The number of amides is 2. The zero-order chi connectivity index (χ0) is 21.2. The molecule has 0 atom stereocenters. The van der Waals surface area contributed by atoms with Gasteiger partial charge >= 0.3 is 6.18 Å². The third-order valence-corrected chi connectivity index (χ3v) is 3.98. The lowest BCUT2D eigenvalue weighted by molar-refractivity contribution is -0.141. The van der Waals surface area contributed by atoms with Gasteiger partial charge in [-0.05, 0) is 19.1 Å². The van der Waals surface area contributed by atoms with Crippen LogP contribution in [0.4, 0.5) is 24.5 Å². The van der Waals surface area contributed by atoms with Crippen LogP contribution in [0.3, 0.4) is 0 Å². The maximum absolute atomic E-state index is 12.8. The van der Waals surface area contributed by atoms with Crippen LogP contribution >= 0.6 is 0 Å². The van der Waals surface area contributed by atoms with Crippen LogP contribution in [0.15, 0.2) is 42.6 Å². The lowest BCUT2D eigenvalue weighted by atomic mass is 10.2. The minimum Gasteiger partial charge on any atom is -0.321 e. The van der Waals surface area contributed by atoms with Gasteiger partial charge in [0.1, 0.15) is 5.69 Å². The van der Waals surface area contributed by atoms with E-state index in [2.05, 4.69) is 20.8 Å². The molecule has 29 heavy (non-hydrogen) atoms. The van der Waals surface area contributed by atoms with E-state index in [1.807, 2.05) is 0 Å². The van der Waals surface area contributed by atoms with Gasteiger partial charge in [-0.3, -0.25) is 19.0 Å². The summed E-state index contributed by atoms with van der Waals surface area (Å²) >= 11 is 0. The zero-order valence-electron chi connectivity index (χ0n) is 15.5. The molecule has 0 unspecified atom stereocenters. The molecule has 0 radical (unpaired) electrons. The Morgan fingerprint density at radius 3 is 2.34 bits per heavy atom. The van der Waals surface area contributed by atoms with Crippen molar-refractivity contribution in [3.05, 3.63) is 59.7 Å². The fourth-order valence-corrected chi connectivity index (χ4v) is 2.56. The van der Waals surface area contributed by atoms with Crippen LogP contribution in [0.5, 0.6) is 0 Å². The average molecular weight is 406 g/mol. The van der Waals surface area contributed by atoms with E-state index in [0.29, 0.717) is 18.3 Å². The van der Waals surface area contributed by atoms with Crippen molar-refractivity contribution in [1.29, 1.82) is 0 Å². The molecule has 2 heterocycles. The van der Waals surface area contributed by atoms with E-state index in [1.165, 1.54) is 17.9 Å². The second kappa shape index (κ2) is 7.78. The van der Waals surface area contributed by atoms with E-state index in [-0.39, 0.29) is 17.1 Å². The van der Waals surface area contributed by atoms with Crippen LogP contribution in [-0.4, -0.2) is 31.4 Å². The first-order chi connectivity index (χ1) is 13.7. The normalized spacial score (nSPS) is 11.3. The number of nitrogens with zero attached hydrogens (tertiary/aromatic N) is 4. The van der Waals surface area contributed by atoms with E-state index in [1.54, 1.807) is 37.3 Å². The van der Waals surface area contributed by atoms with Gasteiger partial charge in [-0.25, -0.2) is 0 Å². The minimum atomic E-state index is -4.68. The fourth-order valence-electron chi connectivity index (χ4n) is 2.56. The second-order valence-corrected chi connectivity index (χ2v) is 6.06. The van der Waals surface area contributed by atoms with Crippen molar-refractivity contribution < 1.29 is 22.8 Å². The van der Waals surface area contributed by atoms with Crippen molar-refractivity contribution in [2.45, 2.75) is 19.6 Å². The standard InChI is InChI=1S/C18H17F3N6O2/c1-3-27-10-12(15(25-27)17(29)22-11-7-5-4-6-8-11)23-16(28)13-9-14(18(19,20)21)24-26(13)2/h4-10H,3H2,1-2H3,(H,22,29)(H,23,28). The number of hydrogen-bond acceptors (Lipinski definition) is 4. The Hall–Kier alpha value is -3.63. The fraction of sp³-hybridized carbons (Fsp3) is 0.222. The van der Waals surface area contributed by atoms with Gasteiger partial charge in [0.25, 0.3) is 11.8 Å². The van der Waals surface area contributed by atoms with Crippen molar-refractivity contribution in [2.24, 2.45) is 7.05 Å². The molecule has 0 aliphatic heterocycles. The van der Waals surface area contributed by atoms with Gasteiger partial charge < -0.3 is 10.6 Å². The summed E-state index contributed by atoms with van der Waals surface area (Å²) in [6.45, 7) is 2.21. The Balaban J connectivity index is 1.86. The van der Waals surface area contributed by atoms with E-state index < -0.39 is 23.7 Å². The maximum Gasteiger partial charge on any atom is 0.435 e. The van der Waals surface area contributed by atoms with Crippen molar-refractivity contribution in [2.75, 3.05) is 10.6 Å². The number of nitrogens with one attached hydrogen (secondary N) is 2. The van der Waals surface area contributed by atoms with Gasteiger partial charge in [0, 0.05) is 31.5 Å². The molecule has 8 nitrogen and oxygen atoms in total. The van der Waals surface area contributed by atoms with Gasteiger partial charge in [-0.15, -0.1) is 0 Å². The summed E-state index contributed by atoms with van der Waals surface area (Å²) in [5.41, 5.74) is -0.961. The van der Waals surface area contributed by atoms with E-state index in [4.69, 9.17) is 0 Å². The zero-order valence-corrected chi connectivity index (χ0v) is 15.5. The molecule has 3 aromatic rings. The highest BCUT2D eigenvalue weighted by Gasteiger charge is 2.35. The first-order valence-electron chi connectivity index (χ1n) is 8.55. The Morgan fingerprint density at radius 1 is 1.07 bits per heavy atom. The summed E-state index contributed by atoms with van der Waals surface area (Å²) in [5.74, 6) is -1.42. The van der Waals surface area contributed by atoms with Crippen LogP contribution in [0.25, 0.3) is 0 Å². The van der Waals surface area contributed by atoms with Crippen molar-refractivity contribution in [1.82, 2.24) is 19.6 Å². The van der Waals surface area contributed by atoms with Gasteiger partial charge in [-0.1, -0.05) is 18.2 Å². The SMILES string of the molecule is CCn1cc(NC(=O)c2cc(C(F)(F)F)nn2C)c(C(=O)Nc2ccccc2)n1. The lowest BCUT2D eigenvalue weighted by Crippen LogP contribution is -2.19. The number of anilines is 2. The molecule has 0 fully saturated rings. The number of aromatic nitrogens is 4. The summed E-state index contributed by atoms with van der Waals surface area (Å²) in [7, 11) is 1.22. The molecule has 0 spiro atoms. The highest BCUT2D eigenvalue weighted by molar-refractivity contribution is 6.11. The smallest absolute Gasteiger partial charge is 0.321 e. The molecule has 2 N–H and O–H groups in total. The van der Waals surface area contributed by atoms with Gasteiger partial charge in [-0.2, -0.15) is 23.4 Å². The molecule has 0 aliphatic rings. The van der Waals surface area contributed by atoms with Crippen molar-refractivity contribution in [3.63, 3.8) is 0 Å². The summed E-state index contributed by atoms with van der Waals surface area (Å²) < 4.78 is 40.7. The molecule has 0 saturated heterocycles. The molecular weight excluding hydrogens is 389 g/mol. The van der Waals surface area contributed by atoms with Crippen molar-refractivity contribution >= 4 is 23.2 Å². The molecule has 1 aromatic carbocycles. The summed E-state index contributed by atoms with van der Waals surface area (Å²) in [5, 5.41) is 12.5. The first kappa shape index (κ1) is 20.1. The second-order valence-electron chi connectivity index (χ2n) is 6.06. The number of carbonyl (C=O) groups excluding carboxylic acids is 2. The molecule has 11 heteroatoms. The largest absolute Gasteiger partial charge is 0.435 e. The highest BCUT2D eigenvalue weighted by Crippen LogP contribution is 2.28. The number of carbonyl (C=O) groups is 2. The number of halogens is 3. The van der Waals surface area contributed by atoms with Crippen LogP contribution < -0.4 is 10.6 Å². The summed E-state index contributed by atoms with van der Waals surface area (Å²) in [6, 6.07) is 9.27. The quantitative estimate of drug-likeness (QED) is 0.681.